The van der Waals surface area contributed by atoms with Gasteiger partial charge in [0.05, 0.1) is 11.5 Å². The molecular weight excluding hydrogens is 489 g/mol. The summed E-state index contributed by atoms with van der Waals surface area (Å²) in [6, 6.07) is 5.35. The molecule has 0 aromatic heterocycles. The van der Waals surface area contributed by atoms with Gasteiger partial charge in [-0.25, -0.2) is 14.1 Å². The van der Waals surface area contributed by atoms with Crippen molar-refractivity contribution < 1.29 is 23.5 Å². The fourth-order valence-electron chi connectivity index (χ4n) is 5.22. The zero-order valence-corrected chi connectivity index (χ0v) is 21.3. The smallest absolute Gasteiger partial charge is 0.417 e. The third-order valence-corrected chi connectivity index (χ3v) is 7.33. The van der Waals surface area contributed by atoms with Crippen molar-refractivity contribution >= 4 is 24.1 Å². The van der Waals surface area contributed by atoms with E-state index in [0.29, 0.717) is 37.3 Å². The number of rotatable bonds is 9. The maximum Gasteiger partial charge on any atom is 0.417 e. The summed E-state index contributed by atoms with van der Waals surface area (Å²) >= 11 is 0. The van der Waals surface area contributed by atoms with Gasteiger partial charge in [-0.05, 0) is 30.2 Å². The number of nitrogens with zero attached hydrogens (tertiary/aromatic N) is 2. The van der Waals surface area contributed by atoms with Gasteiger partial charge in [0.25, 0.3) is 5.91 Å². The molecule has 3 amide bonds. The van der Waals surface area contributed by atoms with Crippen LogP contribution in [0.15, 0.2) is 72.5 Å². The summed E-state index contributed by atoms with van der Waals surface area (Å²) in [6.07, 6.45) is 5.01. The number of likely N-dealkylation sites (tertiary alicyclic amines) is 1. The Balaban J connectivity index is 1.51. The van der Waals surface area contributed by atoms with E-state index in [1.54, 1.807) is 36.1 Å². The molecule has 9 nitrogen and oxygen atoms in total. The maximum atomic E-state index is 13.8. The number of cyclic esters (lactones) is 1. The molecule has 1 aromatic carbocycles. The Kier molecular flexibility index (Phi) is 7.91. The van der Waals surface area contributed by atoms with Crippen LogP contribution in [0, 0.1) is 22.6 Å². The summed E-state index contributed by atoms with van der Waals surface area (Å²) in [5.41, 5.74) is 1.81. The number of carbonyl (C=O) groups excluding carboxylic acids is 3. The Bertz CT molecular complexity index is 1220. The Labute approximate surface area is 221 Å². The Morgan fingerprint density at radius 3 is 2.61 bits per heavy atom. The summed E-state index contributed by atoms with van der Waals surface area (Å²) in [6.45, 7) is 11.4. The van der Waals surface area contributed by atoms with Crippen molar-refractivity contribution in [3.8, 4) is 0 Å². The molecule has 3 fully saturated rings. The Morgan fingerprint density at radius 1 is 1.32 bits per heavy atom. The quantitative estimate of drug-likeness (QED) is 0.261. The number of carbonyl (C=O) groups is 3. The van der Waals surface area contributed by atoms with E-state index in [0.717, 1.165) is 16.7 Å². The van der Waals surface area contributed by atoms with Crippen LogP contribution in [-0.4, -0.2) is 72.7 Å². The summed E-state index contributed by atoms with van der Waals surface area (Å²) in [5.74, 6) is -1.73. The molecule has 0 unspecified atom stereocenters. The molecule has 200 valence electrons. The molecule has 4 rings (SSSR count). The lowest BCUT2D eigenvalue weighted by Gasteiger charge is -2.43. The third kappa shape index (κ3) is 5.17. The van der Waals surface area contributed by atoms with Crippen LogP contribution in [0.1, 0.15) is 12.5 Å². The normalized spacial score (nSPS) is 22.6. The van der Waals surface area contributed by atoms with Crippen LogP contribution in [-0.2, 0) is 20.9 Å². The molecule has 3 aliphatic rings. The fourth-order valence-corrected chi connectivity index (χ4v) is 5.22. The number of ether oxygens (including phenoxy) is 1. The van der Waals surface area contributed by atoms with Gasteiger partial charge in [-0.2, -0.15) is 0 Å². The first-order chi connectivity index (χ1) is 18.2. The van der Waals surface area contributed by atoms with Gasteiger partial charge in [0, 0.05) is 50.6 Å². The summed E-state index contributed by atoms with van der Waals surface area (Å²) in [7, 11) is 0. The lowest BCUT2D eigenvalue weighted by atomic mass is 9.72. The second kappa shape index (κ2) is 11.1. The van der Waals surface area contributed by atoms with E-state index < -0.39 is 23.5 Å². The Hall–Kier alpha value is -4.05. The van der Waals surface area contributed by atoms with Crippen molar-refractivity contribution in [2.24, 2.45) is 11.3 Å². The number of nitrogens with one attached hydrogen (secondary N) is 3. The minimum absolute atomic E-state index is 0.0259. The van der Waals surface area contributed by atoms with Crippen LogP contribution in [0.4, 0.5) is 9.18 Å². The number of hydrogen-bond donors (Lipinski definition) is 3. The van der Waals surface area contributed by atoms with E-state index >= 15 is 0 Å². The predicted molar refractivity (Wildman–Crippen MR) is 141 cm³/mol. The molecule has 3 aliphatic heterocycles. The second-order valence-electron chi connectivity index (χ2n) is 9.89. The number of allylic oxidation sites excluding steroid dienone is 2. The number of imide groups is 1. The molecule has 3 saturated heterocycles. The van der Waals surface area contributed by atoms with E-state index in [9.17, 15) is 18.8 Å². The van der Waals surface area contributed by atoms with Crippen LogP contribution < -0.4 is 10.6 Å². The van der Waals surface area contributed by atoms with Crippen LogP contribution in [0.5, 0.6) is 0 Å². The number of halogens is 1. The third-order valence-electron chi connectivity index (χ3n) is 7.33. The maximum absolute atomic E-state index is 13.8. The van der Waals surface area contributed by atoms with E-state index in [-0.39, 0.29) is 36.4 Å². The molecule has 10 heteroatoms. The molecule has 0 aliphatic carbocycles. The van der Waals surface area contributed by atoms with E-state index in [2.05, 4.69) is 23.8 Å². The van der Waals surface area contributed by atoms with Crippen molar-refractivity contribution in [1.29, 1.82) is 5.41 Å². The molecular formula is C28H32FN5O4. The average molecular weight is 522 g/mol. The molecule has 3 heterocycles. The standard InChI is InChI=1S/C28H32FN5O4/c1-4-5-22(18(2)3)24-14-38-27(37)34(24)26(36)23-13-33(17-28(23)15-32-16-28)25(35)20(10-30)12-31-11-19-6-8-21(29)9-7-19/h4-10,12,23-24,30-32H,1-2,11,13-17H2,3H3/b20-12+,22-5+,30-10?/t23-,24-/m0/s1. The first kappa shape index (κ1) is 27.0. The van der Waals surface area contributed by atoms with Gasteiger partial charge in [0.2, 0.25) is 5.91 Å². The highest BCUT2D eigenvalue weighted by atomic mass is 19.1. The lowest BCUT2D eigenvalue weighted by molar-refractivity contribution is -0.136. The molecule has 1 spiro atoms. The van der Waals surface area contributed by atoms with Crippen LogP contribution >= 0.6 is 0 Å². The van der Waals surface area contributed by atoms with Crippen molar-refractivity contribution in [3.63, 3.8) is 0 Å². The van der Waals surface area contributed by atoms with Crippen molar-refractivity contribution in [2.45, 2.75) is 19.5 Å². The summed E-state index contributed by atoms with van der Waals surface area (Å²) in [5, 5.41) is 14.0. The average Bonchev–Trinajstić information content (AvgIpc) is 3.47. The summed E-state index contributed by atoms with van der Waals surface area (Å²) < 4.78 is 18.4. The van der Waals surface area contributed by atoms with Crippen LogP contribution in [0.3, 0.4) is 0 Å². The summed E-state index contributed by atoms with van der Waals surface area (Å²) in [4.78, 5) is 42.6. The first-order valence-electron chi connectivity index (χ1n) is 12.4. The molecule has 38 heavy (non-hydrogen) atoms. The molecule has 0 bridgehead atoms. The van der Waals surface area contributed by atoms with Gasteiger partial charge in [-0.1, -0.05) is 43.0 Å². The lowest BCUT2D eigenvalue weighted by Crippen LogP contribution is -2.61. The Morgan fingerprint density at radius 2 is 2.03 bits per heavy atom. The van der Waals surface area contributed by atoms with Gasteiger partial charge in [-0.15, -0.1) is 0 Å². The highest BCUT2D eigenvalue weighted by Crippen LogP contribution is 2.42. The molecule has 0 saturated carbocycles. The molecule has 1 aromatic rings. The molecule has 0 radical (unpaired) electrons. The van der Waals surface area contributed by atoms with Gasteiger partial charge < -0.3 is 25.7 Å². The van der Waals surface area contributed by atoms with Gasteiger partial charge >= 0.3 is 6.09 Å². The SMILES string of the molecule is C=C/C=C(\C(=C)C)[C@@H]1COC(=O)N1C(=O)[C@@H]1CN(C(=O)/C(C=N)=C/NCc2ccc(F)cc2)CC12CNC2. The molecule has 2 atom stereocenters. The minimum atomic E-state index is -0.714. The second-order valence-corrected chi connectivity index (χ2v) is 9.89. The van der Waals surface area contributed by atoms with Crippen molar-refractivity contribution in [3.05, 3.63) is 83.9 Å². The highest BCUT2D eigenvalue weighted by molar-refractivity contribution is 6.11. The number of benzene rings is 1. The van der Waals surface area contributed by atoms with E-state index in [1.165, 1.54) is 18.3 Å². The van der Waals surface area contributed by atoms with Gasteiger partial charge in [0.15, 0.2) is 0 Å². The van der Waals surface area contributed by atoms with Gasteiger partial charge in [-0.3, -0.25) is 9.59 Å². The van der Waals surface area contributed by atoms with E-state index in [1.807, 2.05) is 0 Å². The van der Waals surface area contributed by atoms with Crippen molar-refractivity contribution in [1.82, 2.24) is 20.4 Å². The zero-order valence-electron chi connectivity index (χ0n) is 21.3. The fraction of sp³-hybridized carbons (Fsp3) is 0.357. The zero-order chi connectivity index (χ0) is 27.4. The number of amides is 3. The minimum Gasteiger partial charge on any atom is -0.446 e. The largest absolute Gasteiger partial charge is 0.446 e. The topological polar surface area (TPSA) is 115 Å². The van der Waals surface area contributed by atoms with Crippen LogP contribution in [0.2, 0.25) is 0 Å². The predicted octanol–water partition coefficient (Wildman–Crippen LogP) is 2.53. The highest BCUT2D eigenvalue weighted by Gasteiger charge is 2.57. The van der Waals surface area contributed by atoms with E-state index in [4.69, 9.17) is 10.1 Å². The van der Waals surface area contributed by atoms with Crippen molar-refractivity contribution in [2.75, 3.05) is 32.8 Å². The number of hydrogen-bond acceptors (Lipinski definition) is 7. The van der Waals surface area contributed by atoms with Crippen LogP contribution in [0.25, 0.3) is 0 Å². The first-order valence-corrected chi connectivity index (χ1v) is 12.4. The van der Waals surface area contributed by atoms with Gasteiger partial charge in [0.1, 0.15) is 18.5 Å². The molecule has 3 N–H and O–H groups in total. The monoisotopic (exact) mass is 521 g/mol.